The van der Waals surface area contributed by atoms with Gasteiger partial charge in [0.25, 0.3) is 0 Å². The molecular weight excluding hydrogens is 259 g/mol. The SMILES string of the molecule is N#Cc1c(Cl)nc(Cl)nc1Nc1c[c]ccc1. The van der Waals surface area contributed by atoms with Crippen molar-refractivity contribution in [2.75, 3.05) is 5.32 Å². The largest absolute Gasteiger partial charge is 0.339 e. The zero-order valence-electron chi connectivity index (χ0n) is 8.41. The van der Waals surface area contributed by atoms with E-state index in [1.54, 1.807) is 18.2 Å². The Kier molecular flexibility index (Phi) is 3.43. The van der Waals surface area contributed by atoms with Crippen LogP contribution >= 0.6 is 23.2 Å². The van der Waals surface area contributed by atoms with Crippen LogP contribution < -0.4 is 5.32 Å². The first-order valence-electron chi connectivity index (χ1n) is 4.57. The third-order valence-electron chi connectivity index (χ3n) is 1.92. The van der Waals surface area contributed by atoms with Gasteiger partial charge in [-0.25, -0.2) is 4.98 Å². The first-order chi connectivity index (χ1) is 8.20. The van der Waals surface area contributed by atoms with Gasteiger partial charge in [0.05, 0.1) is 0 Å². The Bertz CT molecular complexity index is 578. The Morgan fingerprint density at radius 1 is 1.35 bits per heavy atom. The fourth-order valence-corrected chi connectivity index (χ4v) is 1.63. The maximum atomic E-state index is 8.96. The summed E-state index contributed by atoms with van der Waals surface area (Å²) >= 11 is 11.5. The molecule has 0 atom stereocenters. The molecule has 0 amide bonds. The van der Waals surface area contributed by atoms with E-state index < -0.39 is 0 Å². The van der Waals surface area contributed by atoms with Gasteiger partial charge in [0.15, 0.2) is 11.0 Å². The lowest BCUT2D eigenvalue weighted by molar-refractivity contribution is 1.15. The van der Waals surface area contributed by atoms with Crippen LogP contribution in [-0.2, 0) is 0 Å². The first-order valence-corrected chi connectivity index (χ1v) is 5.32. The molecule has 2 rings (SSSR count). The van der Waals surface area contributed by atoms with Crippen LogP contribution in [0.2, 0.25) is 10.4 Å². The van der Waals surface area contributed by atoms with Crippen molar-refractivity contribution >= 4 is 34.7 Å². The highest BCUT2D eigenvalue weighted by Gasteiger charge is 2.12. The van der Waals surface area contributed by atoms with Gasteiger partial charge in [-0.1, -0.05) is 23.7 Å². The van der Waals surface area contributed by atoms with Gasteiger partial charge in [-0.05, 0) is 29.8 Å². The van der Waals surface area contributed by atoms with Crippen LogP contribution in [0.15, 0.2) is 24.3 Å². The highest BCUT2D eigenvalue weighted by molar-refractivity contribution is 6.33. The molecule has 4 nitrogen and oxygen atoms in total. The molecule has 0 saturated carbocycles. The van der Waals surface area contributed by atoms with Crippen LogP contribution in [0, 0.1) is 17.4 Å². The molecular formula is C11H5Cl2N4. The number of hydrogen-bond acceptors (Lipinski definition) is 4. The lowest BCUT2D eigenvalue weighted by atomic mass is 10.3. The predicted octanol–water partition coefficient (Wildman–Crippen LogP) is 3.20. The van der Waals surface area contributed by atoms with Crippen molar-refractivity contribution in [3.8, 4) is 6.07 Å². The minimum absolute atomic E-state index is 0.0172. The van der Waals surface area contributed by atoms with Crippen LogP contribution in [0.4, 0.5) is 11.5 Å². The van der Waals surface area contributed by atoms with Gasteiger partial charge >= 0.3 is 0 Å². The van der Waals surface area contributed by atoms with E-state index in [1.807, 2.05) is 12.1 Å². The lowest BCUT2D eigenvalue weighted by Crippen LogP contribution is -2.00. The van der Waals surface area contributed by atoms with Crippen LogP contribution in [-0.4, -0.2) is 9.97 Å². The number of nitrogens with one attached hydrogen (secondary N) is 1. The Balaban J connectivity index is 2.43. The number of benzene rings is 1. The number of hydrogen-bond donors (Lipinski definition) is 1. The highest BCUT2D eigenvalue weighted by atomic mass is 35.5. The number of halogens is 2. The summed E-state index contributed by atoms with van der Waals surface area (Å²) in [6, 6.07) is 11.9. The minimum Gasteiger partial charge on any atom is -0.339 e. The molecule has 0 unspecified atom stereocenters. The molecule has 0 aliphatic rings. The molecule has 0 bridgehead atoms. The molecule has 0 fully saturated rings. The number of rotatable bonds is 2. The van der Waals surface area contributed by atoms with Gasteiger partial charge in [0, 0.05) is 5.69 Å². The third-order valence-corrected chi connectivity index (χ3v) is 2.36. The molecule has 0 spiro atoms. The fraction of sp³-hybridized carbons (Fsp3) is 0. The second-order valence-electron chi connectivity index (χ2n) is 3.04. The zero-order chi connectivity index (χ0) is 12.3. The van der Waals surface area contributed by atoms with Crippen molar-refractivity contribution < 1.29 is 0 Å². The average molecular weight is 264 g/mol. The van der Waals surface area contributed by atoms with E-state index in [2.05, 4.69) is 21.4 Å². The van der Waals surface area contributed by atoms with E-state index in [1.165, 1.54) is 0 Å². The van der Waals surface area contributed by atoms with Gasteiger partial charge in [-0.2, -0.15) is 10.2 Å². The van der Waals surface area contributed by atoms with Crippen molar-refractivity contribution in [2.24, 2.45) is 0 Å². The number of aromatic nitrogens is 2. The van der Waals surface area contributed by atoms with Gasteiger partial charge in [0.2, 0.25) is 5.28 Å². The molecule has 1 aromatic carbocycles. The summed E-state index contributed by atoms with van der Waals surface area (Å²) < 4.78 is 0. The first kappa shape index (κ1) is 11.6. The summed E-state index contributed by atoms with van der Waals surface area (Å²) in [5.41, 5.74) is 0.884. The van der Waals surface area contributed by atoms with Crippen LogP contribution in [0.3, 0.4) is 0 Å². The maximum Gasteiger partial charge on any atom is 0.225 e. The predicted molar refractivity (Wildman–Crippen MR) is 65.3 cm³/mol. The third kappa shape index (κ3) is 2.64. The minimum atomic E-state index is -0.0172. The molecule has 1 heterocycles. The van der Waals surface area contributed by atoms with E-state index in [9.17, 15) is 0 Å². The monoisotopic (exact) mass is 263 g/mol. The summed E-state index contributed by atoms with van der Waals surface area (Å²) in [7, 11) is 0. The molecule has 2 aromatic rings. The smallest absolute Gasteiger partial charge is 0.225 e. The highest BCUT2D eigenvalue weighted by Crippen LogP contribution is 2.24. The summed E-state index contributed by atoms with van der Waals surface area (Å²) in [4.78, 5) is 7.62. The van der Waals surface area contributed by atoms with E-state index >= 15 is 0 Å². The molecule has 6 heteroatoms. The summed E-state index contributed by atoms with van der Waals surface area (Å²) in [6.07, 6.45) is 0. The van der Waals surface area contributed by atoms with Crippen molar-refractivity contribution in [1.82, 2.24) is 9.97 Å². The Morgan fingerprint density at radius 2 is 2.18 bits per heavy atom. The van der Waals surface area contributed by atoms with Gasteiger partial charge in [-0.3, -0.25) is 0 Å². The number of nitriles is 1. The van der Waals surface area contributed by atoms with Gasteiger partial charge in [0.1, 0.15) is 11.6 Å². The van der Waals surface area contributed by atoms with E-state index in [0.29, 0.717) is 0 Å². The molecule has 1 N–H and O–H groups in total. The van der Waals surface area contributed by atoms with Crippen LogP contribution in [0.1, 0.15) is 5.56 Å². The van der Waals surface area contributed by atoms with E-state index in [0.717, 1.165) is 5.69 Å². The Morgan fingerprint density at radius 3 is 2.82 bits per heavy atom. The van der Waals surface area contributed by atoms with Gasteiger partial charge < -0.3 is 5.32 Å². The summed E-state index contributed by atoms with van der Waals surface area (Å²) in [6.45, 7) is 0. The van der Waals surface area contributed by atoms with E-state index in [-0.39, 0.29) is 21.8 Å². The number of nitrogens with zero attached hydrogens (tertiary/aromatic N) is 3. The average Bonchev–Trinajstić information content (AvgIpc) is 2.30. The molecule has 1 radical (unpaired) electrons. The van der Waals surface area contributed by atoms with Gasteiger partial charge in [-0.15, -0.1) is 0 Å². The molecule has 0 aliphatic heterocycles. The normalized spacial score (nSPS) is 9.71. The Labute approximate surface area is 108 Å². The fourth-order valence-electron chi connectivity index (χ4n) is 1.21. The van der Waals surface area contributed by atoms with Crippen molar-refractivity contribution in [3.05, 3.63) is 46.3 Å². The van der Waals surface area contributed by atoms with Crippen molar-refractivity contribution in [3.63, 3.8) is 0 Å². The second-order valence-corrected chi connectivity index (χ2v) is 3.73. The molecule has 17 heavy (non-hydrogen) atoms. The Hall–Kier alpha value is -1.83. The van der Waals surface area contributed by atoms with Crippen LogP contribution in [0.5, 0.6) is 0 Å². The van der Waals surface area contributed by atoms with E-state index in [4.69, 9.17) is 28.5 Å². The quantitative estimate of drug-likeness (QED) is 0.668. The second kappa shape index (κ2) is 5.00. The molecule has 0 saturated heterocycles. The summed E-state index contributed by atoms with van der Waals surface area (Å²) in [5.74, 6) is 0.275. The zero-order valence-corrected chi connectivity index (χ0v) is 9.92. The maximum absolute atomic E-state index is 8.96. The van der Waals surface area contributed by atoms with Crippen molar-refractivity contribution in [2.45, 2.75) is 0 Å². The molecule has 0 aliphatic carbocycles. The molecule has 83 valence electrons. The molecule has 1 aromatic heterocycles. The lowest BCUT2D eigenvalue weighted by Gasteiger charge is -2.07. The number of anilines is 2. The standard InChI is InChI=1S/C11H5Cl2N4/c12-9-8(6-14)10(17-11(13)16-9)15-7-4-2-1-3-5-7/h1-2,4-5H,(H,15,16,17). The van der Waals surface area contributed by atoms with Crippen LogP contribution in [0.25, 0.3) is 0 Å². The topological polar surface area (TPSA) is 61.6 Å². The van der Waals surface area contributed by atoms with Crippen molar-refractivity contribution in [1.29, 1.82) is 5.26 Å². The summed E-state index contributed by atoms with van der Waals surface area (Å²) in [5, 5.41) is 11.9.